The number of aliphatic hydroxyl groups is 3. The number of fused-ring (bicyclic) bond motifs is 5. The zero-order valence-electron chi connectivity index (χ0n) is 38.8. The van der Waals surface area contributed by atoms with Gasteiger partial charge in [0.2, 0.25) is 0 Å². The Morgan fingerprint density at radius 2 is 1.66 bits per heavy atom. The number of alkyl carbamates (subject to hydrolysis) is 1. The van der Waals surface area contributed by atoms with Gasteiger partial charge in [0.1, 0.15) is 41.7 Å². The number of amides is 1. The standard InChI is InChI=1S/C46H66N3O15P/c1-25-28(60-40(56)34(53)38(65)47-41(57)64-42(3,4)5)23-46(58)37(62-39(55)27-14-11-10-12-15-27)35-44(8,36(54)33(52)32(25)43(46,6)7)29(22-30-45(35,24-59-30)63-26(2)50)61-31(51)16-13-17-49-20-18-48(9)19-21-49/h10-12,14-15,28-30,33-35,37-38,52-53,58H,13,16-24,65H2,1-9H3,(H,47,57)/t28-,29-,30?,33+,34?,35?,37-,38-,44?,45-,46?/m0/s1. The smallest absolute Gasteiger partial charge is 0.408 e. The van der Waals surface area contributed by atoms with Gasteiger partial charge in [0.05, 0.1) is 29.3 Å². The lowest BCUT2D eigenvalue weighted by Gasteiger charge is -2.67. The summed E-state index contributed by atoms with van der Waals surface area (Å²) in [5.41, 5.74) is -8.57. The summed E-state index contributed by atoms with van der Waals surface area (Å²) in [5, 5.41) is 39.7. The van der Waals surface area contributed by atoms with Crippen LogP contribution in [0.4, 0.5) is 4.79 Å². The molecule has 3 aliphatic carbocycles. The molecule has 0 radical (unpaired) electrons. The zero-order valence-corrected chi connectivity index (χ0v) is 39.9. The number of ether oxygens (including phenoxy) is 6. The molecule has 4 fully saturated rings. The van der Waals surface area contributed by atoms with Gasteiger partial charge in [-0.05, 0) is 77.9 Å². The summed E-state index contributed by atoms with van der Waals surface area (Å²) in [6.07, 6.45) is -10.8. The molecule has 0 aromatic heterocycles. The molecule has 1 aromatic rings. The van der Waals surface area contributed by atoms with E-state index in [2.05, 4.69) is 31.4 Å². The SMILES string of the molecule is CC(=O)O[C@@]12COC1C[C@H](OC(=O)CCCN1CCN(C)CC1)C1(C)C(=O)[C@H](O)C3=C(C)[C@@H](OC(=O)C(O)[C@H](P)NC(=O)OC(C)(C)C)CC(O)([C@@H](OC(=O)c4ccccc4)C12)C3(C)C. The normalized spacial score (nSPS) is 33.3. The summed E-state index contributed by atoms with van der Waals surface area (Å²) in [6, 6.07) is 7.89. The average Bonchev–Trinajstić information content (AvgIpc) is 3.21. The van der Waals surface area contributed by atoms with Gasteiger partial charge < -0.3 is 58.9 Å². The predicted molar refractivity (Wildman–Crippen MR) is 235 cm³/mol. The van der Waals surface area contributed by atoms with Crippen LogP contribution in [-0.2, 0) is 47.6 Å². The minimum absolute atomic E-state index is 0.00207. The average molecular weight is 932 g/mol. The molecule has 2 aliphatic heterocycles. The number of carbonyl (C=O) groups is 6. The highest BCUT2D eigenvalue weighted by Crippen LogP contribution is 2.64. The first kappa shape index (κ1) is 50.4. The molecular formula is C46H66N3O15P. The maximum Gasteiger partial charge on any atom is 0.408 e. The Hall–Kier alpha value is -4.03. The molecule has 2 saturated heterocycles. The molecule has 18 nitrogen and oxygen atoms in total. The summed E-state index contributed by atoms with van der Waals surface area (Å²) in [5.74, 6) is -7.32. The number of esters is 4. The van der Waals surface area contributed by atoms with Gasteiger partial charge in [0, 0.05) is 57.8 Å². The Morgan fingerprint density at radius 3 is 2.25 bits per heavy atom. The number of benzene rings is 1. The van der Waals surface area contributed by atoms with Crippen molar-refractivity contribution < 1.29 is 72.5 Å². The lowest BCUT2D eigenvalue weighted by atomic mass is 9.44. The highest BCUT2D eigenvalue weighted by Gasteiger charge is 2.78. The first-order valence-corrected chi connectivity index (χ1v) is 22.9. The monoisotopic (exact) mass is 931 g/mol. The van der Waals surface area contributed by atoms with Gasteiger partial charge in [-0.25, -0.2) is 14.4 Å². The van der Waals surface area contributed by atoms with Crippen molar-refractivity contribution >= 4 is 45.0 Å². The van der Waals surface area contributed by atoms with Crippen LogP contribution >= 0.6 is 9.24 Å². The Balaban J connectivity index is 1.44. The largest absolute Gasteiger partial charge is 0.461 e. The number of aliphatic hydroxyl groups excluding tert-OH is 2. The summed E-state index contributed by atoms with van der Waals surface area (Å²) >= 11 is 0. The van der Waals surface area contributed by atoms with Gasteiger partial charge >= 0.3 is 30.0 Å². The van der Waals surface area contributed by atoms with Crippen molar-refractivity contribution in [3.63, 3.8) is 0 Å². The molecule has 1 aromatic carbocycles. The molecule has 1 amide bonds. The van der Waals surface area contributed by atoms with Gasteiger partial charge in [0.15, 0.2) is 17.5 Å². The van der Waals surface area contributed by atoms with E-state index in [0.717, 1.165) is 26.2 Å². The Labute approximate surface area is 382 Å². The molecule has 12 atom stereocenters. The van der Waals surface area contributed by atoms with Crippen LogP contribution < -0.4 is 5.32 Å². The van der Waals surface area contributed by atoms with Crippen molar-refractivity contribution in [3.05, 3.63) is 47.0 Å². The Morgan fingerprint density at radius 1 is 1.02 bits per heavy atom. The van der Waals surface area contributed by atoms with E-state index >= 15 is 4.79 Å². The topological polar surface area (TPSA) is 237 Å². The fourth-order valence-electron chi connectivity index (χ4n) is 10.5. The second kappa shape index (κ2) is 18.9. The van der Waals surface area contributed by atoms with E-state index in [9.17, 15) is 39.3 Å². The van der Waals surface area contributed by atoms with Crippen LogP contribution in [0, 0.1) is 16.7 Å². The van der Waals surface area contributed by atoms with Crippen LogP contribution in [0.2, 0.25) is 0 Å². The minimum Gasteiger partial charge on any atom is -0.461 e. The van der Waals surface area contributed by atoms with Crippen LogP contribution in [0.25, 0.3) is 0 Å². The van der Waals surface area contributed by atoms with Crippen LogP contribution in [0.5, 0.6) is 0 Å². The molecule has 2 heterocycles. The number of carbonyl (C=O) groups excluding carboxylic acids is 6. The summed E-state index contributed by atoms with van der Waals surface area (Å²) in [6.45, 7) is 16.0. The number of hydrogen-bond acceptors (Lipinski definition) is 17. The number of piperazine rings is 1. The van der Waals surface area contributed by atoms with Crippen LogP contribution in [-0.4, -0.2) is 166 Å². The van der Waals surface area contributed by atoms with Crippen LogP contribution in [0.3, 0.4) is 0 Å². The fraction of sp³-hybridized carbons (Fsp3) is 0.696. The van der Waals surface area contributed by atoms with Crippen LogP contribution in [0.1, 0.15) is 91.4 Å². The number of ketones is 1. The van der Waals surface area contributed by atoms with Crippen molar-refractivity contribution in [2.24, 2.45) is 16.7 Å². The summed E-state index contributed by atoms with van der Waals surface area (Å²) in [7, 11) is 4.18. The minimum atomic E-state index is -2.38. The van der Waals surface area contributed by atoms with Crippen molar-refractivity contribution in [2.75, 3.05) is 46.4 Å². The summed E-state index contributed by atoms with van der Waals surface area (Å²) in [4.78, 5) is 87.7. The van der Waals surface area contributed by atoms with E-state index in [4.69, 9.17) is 28.4 Å². The van der Waals surface area contributed by atoms with Crippen molar-refractivity contribution in [1.82, 2.24) is 15.1 Å². The third kappa shape index (κ3) is 9.72. The van der Waals surface area contributed by atoms with Gasteiger partial charge in [-0.1, -0.05) is 32.0 Å². The first-order chi connectivity index (χ1) is 30.3. The summed E-state index contributed by atoms with van der Waals surface area (Å²) < 4.78 is 36.1. The van der Waals surface area contributed by atoms with Crippen molar-refractivity contribution in [3.8, 4) is 0 Å². The van der Waals surface area contributed by atoms with E-state index < -0.39 is 118 Å². The third-order valence-electron chi connectivity index (χ3n) is 14.1. The number of nitrogens with zero attached hydrogens (tertiary/aromatic N) is 2. The fourth-order valence-corrected chi connectivity index (χ4v) is 10.8. The molecule has 2 bridgehead atoms. The molecule has 6 unspecified atom stereocenters. The van der Waals surface area contributed by atoms with Gasteiger partial charge in [0.25, 0.3) is 0 Å². The number of likely N-dealkylation sites (N-methyl/N-ethyl adjacent to an activating group) is 1. The van der Waals surface area contributed by atoms with E-state index in [-0.39, 0.29) is 36.2 Å². The first-order valence-electron chi connectivity index (χ1n) is 22.2. The maximum absolute atomic E-state index is 15.6. The molecule has 2 saturated carbocycles. The molecule has 0 spiro atoms. The Kier molecular flexibility index (Phi) is 14.7. The van der Waals surface area contributed by atoms with Crippen molar-refractivity contribution in [1.29, 1.82) is 0 Å². The molecular weight excluding hydrogens is 865 g/mol. The molecule has 360 valence electrons. The molecule has 65 heavy (non-hydrogen) atoms. The predicted octanol–water partition coefficient (Wildman–Crippen LogP) is 2.30. The van der Waals surface area contributed by atoms with E-state index in [1.165, 1.54) is 32.9 Å². The highest BCUT2D eigenvalue weighted by molar-refractivity contribution is 7.17. The molecule has 4 N–H and O–H groups in total. The van der Waals surface area contributed by atoms with E-state index in [1.54, 1.807) is 52.8 Å². The van der Waals surface area contributed by atoms with Gasteiger partial charge in [-0.15, -0.1) is 9.24 Å². The Bertz CT molecular complexity index is 2040. The quantitative estimate of drug-likeness (QED) is 0.102. The van der Waals surface area contributed by atoms with Gasteiger partial charge in [-0.3, -0.25) is 14.4 Å². The molecule has 5 aliphatic rings. The van der Waals surface area contributed by atoms with Crippen LogP contribution in [0.15, 0.2) is 41.5 Å². The zero-order chi connectivity index (χ0) is 48.0. The van der Waals surface area contributed by atoms with E-state index in [0.29, 0.717) is 13.0 Å². The molecule has 6 rings (SSSR count). The second-order valence-corrected chi connectivity index (χ2v) is 20.6. The number of rotatable bonds is 12. The molecule has 19 heteroatoms. The van der Waals surface area contributed by atoms with E-state index in [1.807, 2.05) is 0 Å². The number of nitrogens with one attached hydrogen (secondary N) is 1. The number of hydrogen-bond donors (Lipinski definition) is 4. The second-order valence-electron chi connectivity index (χ2n) is 19.9. The third-order valence-corrected chi connectivity index (χ3v) is 14.7. The highest BCUT2D eigenvalue weighted by atomic mass is 31.0. The lowest BCUT2D eigenvalue weighted by Crippen LogP contribution is -2.82. The lowest BCUT2D eigenvalue weighted by molar-refractivity contribution is -0.346. The maximum atomic E-state index is 15.6. The van der Waals surface area contributed by atoms with Crippen molar-refractivity contribution in [2.45, 2.75) is 140 Å². The van der Waals surface area contributed by atoms with Gasteiger partial charge in [-0.2, -0.15) is 0 Å². The number of Topliss-reactive ketones (excluding diaryl/α,β-unsaturated/α-hetero) is 1.